The number of H-pyrrole nitrogens is 1. The second kappa shape index (κ2) is 8.68. The summed E-state index contributed by atoms with van der Waals surface area (Å²) in [5, 5.41) is 23.5. The number of aromatic amines is 1. The molecule has 152 valence electrons. The fourth-order valence-corrected chi connectivity index (χ4v) is 3.95. The lowest BCUT2D eigenvalue weighted by molar-refractivity contribution is 0.0912. The Hall–Kier alpha value is -2.83. The van der Waals surface area contributed by atoms with Gasteiger partial charge < -0.3 is 25.3 Å². The van der Waals surface area contributed by atoms with Gasteiger partial charge in [0.25, 0.3) is 5.91 Å². The molecule has 0 saturated heterocycles. The van der Waals surface area contributed by atoms with Crippen molar-refractivity contribution in [1.82, 2.24) is 10.3 Å². The van der Waals surface area contributed by atoms with Crippen molar-refractivity contribution in [3.05, 3.63) is 64.8 Å². The summed E-state index contributed by atoms with van der Waals surface area (Å²) in [5.41, 5.74) is 4.14. The van der Waals surface area contributed by atoms with Crippen LogP contribution in [0.5, 0.6) is 5.75 Å². The molecule has 6 nitrogen and oxygen atoms in total. The summed E-state index contributed by atoms with van der Waals surface area (Å²) in [4.78, 5) is 16.3. The van der Waals surface area contributed by atoms with E-state index in [-0.39, 0.29) is 19.1 Å². The summed E-state index contributed by atoms with van der Waals surface area (Å²) >= 11 is 0. The lowest BCUT2D eigenvalue weighted by atomic mass is 9.99. The van der Waals surface area contributed by atoms with Crippen molar-refractivity contribution in [3.63, 3.8) is 0 Å². The number of amides is 1. The van der Waals surface area contributed by atoms with E-state index in [1.54, 1.807) is 6.07 Å². The molecule has 1 aromatic heterocycles. The number of carbonyl (C=O) groups is 1. The van der Waals surface area contributed by atoms with Gasteiger partial charge in [-0.25, -0.2) is 0 Å². The Balaban J connectivity index is 1.57. The van der Waals surface area contributed by atoms with Crippen molar-refractivity contribution >= 4 is 16.8 Å². The normalized spacial score (nSPS) is 14.7. The van der Waals surface area contributed by atoms with Crippen molar-refractivity contribution in [2.75, 3.05) is 13.2 Å². The highest BCUT2D eigenvalue weighted by Crippen LogP contribution is 2.30. The number of fused-ring (bicyclic) bond motifs is 2. The van der Waals surface area contributed by atoms with Crippen LogP contribution < -0.4 is 10.1 Å². The summed E-state index contributed by atoms with van der Waals surface area (Å²) in [6, 6.07) is 11.1. The van der Waals surface area contributed by atoms with Crippen LogP contribution in [0.1, 0.15) is 39.9 Å². The first-order valence-electron chi connectivity index (χ1n) is 10.1. The van der Waals surface area contributed by atoms with Gasteiger partial charge in [-0.2, -0.15) is 0 Å². The summed E-state index contributed by atoms with van der Waals surface area (Å²) in [7, 11) is 0. The molecule has 1 aliphatic heterocycles. The van der Waals surface area contributed by atoms with Crippen LogP contribution >= 0.6 is 0 Å². The molecule has 0 unspecified atom stereocenters. The molecular formula is C23H26N2O4. The number of para-hydroxylation sites is 1. The number of aryl methyl sites for hydroxylation is 1. The molecular weight excluding hydrogens is 368 g/mol. The van der Waals surface area contributed by atoms with E-state index >= 15 is 0 Å². The Morgan fingerprint density at radius 3 is 2.90 bits per heavy atom. The van der Waals surface area contributed by atoms with Gasteiger partial charge >= 0.3 is 0 Å². The molecule has 29 heavy (non-hydrogen) atoms. The zero-order chi connectivity index (χ0) is 20.2. The molecule has 0 bridgehead atoms. The first-order chi connectivity index (χ1) is 14.2. The van der Waals surface area contributed by atoms with Crippen molar-refractivity contribution in [3.8, 4) is 5.75 Å². The first-order valence-corrected chi connectivity index (χ1v) is 10.1. The van der Waals surface area contributed by atoms with Crippen LogP contribution in [0.25, 0.3) is 10.9 Å². The van der Waals surface area contributed by atoms with Crippen LogP contribution in [-0.2, 0) is 19.4 Å². The Labute approximate surface area is 169 Å². The quantitative estimate of drug-likeness (QED) is 0.517. The number of aliphatic hydroxyl groups excluding tert-OH is 2. The molecule has 0 saturated carbocycles. The number of ether oxygens (including phenoxy) is 1. The summed E-state index contributed by atoms with van der Waals surface area (Å²) in [6.45, 7) is 0.269. The van der Waals surface area contributed by atoms with E-state index in [4.69, 9.17) is 4.74 Å². The molecule has 4 N–H and O–H groups in total. The fourth-order valence-electron chi connectivity index (χ4n) is 3.95. The Kier molecular flexibility index (Phi) is 5.83. The number of hydrogen-bond donors (Lipinski definition) is 4. The molecule has 3 aromatic rings. The van der Waals surface area contributed by atoms with Crippen LogP contribution in [0.4, 0.5) is 0 Å². The number of rotatable bonds is 6. The van der Waals surface area contributed by atoms with Gasteiger partial charge in [-0.1, -0.05) is 18.2 Å². The van der Waals surface area contributed by atoms with Gasteiger partial charge in [-0.15, -0.1) is 0 Å². The van der Waals surface area contributed by atoms with E-state index in [1.807, 2.05) is 36.5 Å². The maximum atomic E-state index is 13.1. The van der Waals surface area contributed by atoms with Gasteiger partial charge in [0.2, 0.25) is 0 Å². The van der Waals surface area contributed by atoms with E-state index < -0.39 is 6.04 Å². The van der Waals surface area contributed by atoms with Crippen molar-refractivity contribution < 1.29 is 19.7 Å². The lowest BCUT2D eigenvalue weighted by Gasteiger charge is -2.19. The van der Waals surface area contributed by atoms with Crippen LogP contribution in [0.3, 0.4) is 0 Å². The van der Waals surface area contributed by atoms with Gasteiger partial charge in [0.1, 0.15) is 5.75 Å². The second-order valence-electron chi connectivity index (χ2n) is 7.51. The van der Waals surface area contributed by atoms with Crippen LogP contribution in [0.2, 0.25) is 0 Å². The predicted octanol–water partition coefficient (Wildman–Crippen LogP) is 2.71. The molecule has 1 amide bonds. The number of carbonyl (C=O) groups excluding carboxylic acids is 1. The Morgan fingerprint density at radius 1 is 1.21 bits per heavy atom. The first kappa shape index (κ1) is 19.5. The standard InChI is InChI=1S/C23H26N2O4/c26-13-15-9-16-5-3-4-8-29-22(16)20(10-15)23(28)25-18(14-27)11-17-12-24-21-7-2-1-6-19(17)21/h1-2,6-7,9-10,12,18,24,26-27H,3-5,8,11,13-14H2,(H,25,28)/t18-/m1/s1. The molecule has 4 rings (SSSR count). The van der Waals surface area contributed by atoms with E-state index in [0.717, 1.165) is 41.3 Å². The van der Waals surface area contributed by atoms with Crippen LogP contribution in [0, 0.1) is 0 Å². The highest BCUT2D eigenvalue weighted by molar-refractivity contribution is 5.98. The van der Waals surface area contributed by atoms with Gasteiger partial charge in [-0.3, -0.25) is 4.79 Å². The lowest BCUT2D eigenvalue weighted by Crippen LogP contribution is -2.39. The van der Waals surface area contributed by atoms with E-state index in [2.05, 4.69) is 10.3 Å². The highest BCUT2D eigenvalue weighted by atomic mass is 16.5. The van der Waals surface area contributed by atoms with E-state index in [0.29, 0.717) is 29.9 Å². The molecule has 1 atom stereocenters. The maximum Gasteiger partial charge on any atom is 0.255 e. The monoisotopic (exact) mass is 394 g/mol. The molecule has 1 aliphatic rings. The van der Waals surface area contributed by atoms with E-state index in [1.165, 1.54) is 0 Å². The second-order valence-corrected chi connectivity index (χ2v) is 7.51. The van der Waals surface area contributed by atoms with Crippen LogP contribution in [-0.4, -0.2) is 40.4 Å². The number of nitrogens with one attached hydrogen (secondary N) is 2. The van der Waals surface area contributed by atoms with Gasteiger partial charge in [0.05, 0.1) is 31.4 Å². The molecule has 0 fully saturated rings. The third-order valence-electron chi connectivity index (χ3n) is 5.44. The van der Waals surface area contributed by atoms with Gasteiger partial charge in [0, 0.05) is 17.1 Å². The minimum Gasteiger partial charge on any atom is -0.492 e. The SMILES string of the molecule is O=C(N[C@@H](CO)Cc1c[nH]c2ccccc12)c1cc(CO)cc2c1OCCCC2. The fraction of sp³-hybridized carbons (Fsp3) is 0.348. The minimum atomic E-state index is -0.430. The van der Waals surface area contributed by atoms with Crippen molar-refractivity contribution in [2.24, 2.45) is 0 Å². The topological polar surface area (TPSA) is 94.6 Å². The molecule has 2 heterocycles. The number of aromatic nitrogens is 1. The van der Waals surface area contributed by atoms with Crippen LogP contribution in [0.15, 0.2) is 42.6 Å². The van der Waals surface area contributed by atoms with Crippen molar-refractivity contribution in [2.45, 2.75) is 38.3 Å². The van der Waals surface area contributed by atoms with Crippen molar-refractivity contribution in [1.29, 1.82) is 0 Å². The van der Waals surface area contributed by atoms with E-state index in [9.17, 15) is 15.0 Å². The molecule has 0 radical (unpaired) electrons. The zero-order valence-electron chi connectivity index (χ0n) is 16.3. The summed E-state index contributed by atoms with van der Waals surface area (Å²) < 4.78 is 5.87. The predicted molar refractivity (Wildman–Crippen MR) is 111 cm³/mol. The molecule has 0 spiro atoms. The zero-order valence-corrected chi connectivity index (χ0v) is 16.3. The largest absolute Gasteiger partial charge is 0.492 e. The maximum absolute atomic E-state index is 13.1. The average Bonchev–Trinajstić information content (AvgIpc) is 3.00. The smallest absolute Gasteiger partial charge is 0.255 e. The molecule has 2 aromatic carbocycles. The third kappa shape index (κ3) is 4.13. The molecule has 0 aliphatic carbocycles. The summed E-state index contributed by atoms with van der Waals surface area (Å²) in [6.07, 6.45) is 5.17. The van der Waals surface area contributed by atoms with Gasteiger partial charge in [-0.05, 0) is 60.6 Å². The summed E-state index contributed by atoms with van der Waals surface area (Å²) in [5.74, 6) is 0.304. The highest BCUT2D eigenvalue weighted by Gasteiger charge is 2.22. The molecule has 6 heteroatoms. The third-order valence-corrected chi connectivity index (χ3v) is 5.44. The number of aliphatic hydroxyl groups is 2. The number of hydrogen-bond acceptors (Lipinski definition) is 4. The average molecular weight is 394 g/mol. The van der Waals surface area contributed by atoms with Gasteiger partial charge in [0.15, 0.2) is 0 Å². The Morgan fingerprint density at radius 2 is 2.07 bits per heavy atom. The number of benzene rings is 2. The minimum absolute atomic E-state index is 0.133. The Bertz CT molecular complexity index is 1010.